The Morgan fingerprint density at radius 3 is 2.45 bits per heavy atom. The quantitative estimate of drug-likeness (QED) is 0.810. The van der Waals surface area contributed by atoms with Crippen molar-refractivity contribution in [2.24, 2.45) is 5.73 Å². The fraction of sp³-hybridized carbons (Fsp3) is 0.467. The van der Waals surface area contributed by atoms with Crippen molar-refractivity contribution in [3.63, 3.8) is 0 Å². The van der Waals surface area contributed by atoms with E-state index in [1.165, 1.54) is 0 Å². The van der Waals surface area contributed by atoms with Gasteiger partial charge in [0.1, 0.15) is 0 Å². The maximum atomic E-state index is 12.4. The van der Waals surface area contributed by atoms with Crippen LogP contribution in [-0.4, -0.2) is 35.7 Å². The molecule has 0 saturated heterocycles. The molecule has 108 valence electrons. The summed E-state index contributed by atoms with van der Waals surface area (Å²) < 4.78 is 0.787. The van der Waals surface area contributed by atoms with Crippen molar-refractivity contribution in [1.82, 2.24) is 4.90 Å². The molecule has 1 aliphatic rings. The second-order valence-corrected chi connectivity index (χ2v) is 6.07. The van der Waals surface area contributed by atoms with E-state index in [1.54, 1.807) is 6.07 Å². The molecular formula is C15H19BrN2O2. The van der Waals surface area contributed by atoms with Gasteiger partial charge in [-0.1, -0.05) is 47.0 Å². The number of carbonyl (C=O) groups excluding carboxylic acids is 2. The van der Waals surface area contributed by atoms with Crippen LogP contribution in [0, 0.1) is 0 Å². The maximum Gasteiger partial charge on any atom is 0.231 e. The first-order valence-electron chi connectivity index (χ1n) is 6.88. The van der Waals surface area contributed by atoms with Crippen LogP contribution in [0.5, 0.6) is 0 Å². The molecule has 0 heterocycles. The standard InChI is InChI=1S/C15H19BrN2O2/c16-13-8-4-3-7-12(13)14(19)9-18(10-15(17)20)11-5-1-2-6-11/h3-4,7-8,11H,1-2,5-6,9-10H2,(H2,17,20). The molecule has 1 amide bonds. The first-order valence-corrected chi connectivity index (χ1v) is 7.67. The molecule has 20 heavy (non-hydrogen) atoms. The van der Waals surface area contributed by atoms with Gasteiger partial charge in [-0.3, -0.25) is 14.5 Å². The second kappa shape index (κ2) is 6.99. The average Bonchev–Trinajstić information content (AvgIpc) is 2.91. The first-order chi connectivity index (χ1) is 9.58. The minimum atomic E-state index is -0.378. The maximum absolute atomic E-state index is 12.4. The van der Waals surface area contributed by atoms with E-state index in [-0.39, 0.29) is 24.8 Å². The number of rotatable bonds is 6. The largest absolute Gasteiger partial charge is 0.369 e. The van der Waals surface area contributed by atoms with Crippen molar-refractivity contribution < 1.29 is 9.59 Å². The van der Waals surface area contributed by atoms with Crippen LogP contribution in [0.15, 0.2) is 28.7 Å². The highest BCUT2D eigenvalue weighted by molar-refractivity contribution is 9.10. The Bertz CT molecular complexity index is 498. The van der Waals surface area contributed by atoms with E-state index in [4.69, 9.17) is 5.73 Å². The molecule has 1 fully saturated rings. The van der Waals surface area contributed by atoms with Crippen molar-refractivity contribution in [3.8, 4) is 0 Å². The van der Waals surface area contributed by atoms with Crippen molar-refractivity contribution in [2.45, 2.75) is 31.7 Å². The molecule has 1 aromatic carbocycles. The van der Waals surface area contributed by atoms with Crippen LogP contribution in [-0.2, 0) is 4.79 Å². The molecule has 1 saturated carbocycles. The van der Waals surface area contributed by atoms with Gasteiger partial charge in [0.2, 0.25) is 5.91 Å². The lowest BCUT2D eigenvalue weighted by molar-refractivity contribution is -0.119. The smallest absolute Gasteiger partial charge is 0.231 e. The molecule has 0 atom stereocenters. The Labute approximate surface area is 127 Å². The number of Topliss-reactive ketones (excluding diaryl/α,β-unsaturated/α-hetero) is 1. The summed E-state index contributed by atoms with van der Waals surface area (Å²) in [6, 6.07) is 7.66. The number of nitrogens with two attached hydrogens (primary N) is 1. The fourth-order valence-electron chi connectivity index (χ4n) is 2.74. The average molecular weight is 339 g/mol. The van der Waals surface area contributed by atoms with Gasteiger partial charge in [0.05, 0.1) is 13.1 Å². The zero-order chi connectivity index (χ0) is 14.5. The molecule has 0 aliphatic heterocycles. The number of amides is 1. The number of nitrogens with zero attached hydrogens (tertiary/aromatic N) is 1. The summed E-state index contributed by atoms with van der Waals surface area (Å²) in [6.45, 7) is 0.400. The van der Waals surface area contributed by atoms with Crippen molar-refractivity contribution in [2.75, 3.05) is 13.1 Å². The normalized spacial score (nSPS) is 15.7. The van der Waals surface area contributed by atoms with E-state index in [0.717, 1.165) is 30.2 Å². The van der Waals surface area contributed by atoms with E-state index in [1.807, 2.05) is 23.1 Å². The zero-order valence-electron chi connectivity index (χ0n) is 11.3. The lowest BCUT2D eigenvalue weighted by Gasteiger charge is -2.26. The molecule has 0 unspecified atom stereocenters. The van der Waals surface area contributed by atoms with Crippen molar-refractivity contribution in [1.29, 1.82) is 0 Å². The predicted octanol–water partition coefficient (Wildman–Crippen LogP) is 2.36. The molecule has 4 nitrogen and oxygen atoms in total. The third-order valence-corrected chi connectivity index (χ3v) is 4.41. The van der Waals surface area contributed by atoms with E-state index in [0.29, 0.717) is 11.6 Å². The molecule has 0 radical (unpaired) electrons. The topological polar surface area (TPSA) is 63.4 Å². The molecule has 2 N–H and O–H groups in total. The van der Waals surface area contributed by atoms with Crippen LogP contribution < -0.4 is 5.73 Å². The highest BCUT2D eigenvalue weighted by atomic mass is 79.9. The van der Waals surface area contributed by atoms with Crippen molar-refractivity contribution >= 4 is 27.6 Å². The van der Waals surface area contributed by atoms with Crippen molar-refractivity contribution in [3.05, 3.63) is 34.3 Å². The lowest BCUT2D eigenvalue weighted by atomic mass is 10.1. The van der Waals surface area contributed by atoms with Gasteiger partial charge >= 0.3 is 0 Å². The van der Waals surface area contributed by atoms with E-state index < -0.39 is 0 Å². The monoisotopic (exact) mass is 338 g/mol. The zero-order valence-corrected chi connectivity index (χ0v) is 12.9. The number of hydrogen-bond acceptors (Lipinski definition) is 3. The van der Waals surface area contributed by atoms with Crippen LogP contribution in [0.3, 0.4) is 0 Å². The highest BCUT2D eigenvalue weighted by Gasteiger charge is 2.26. The van der Waals surface area contributed by atoms with Gasteiger partial charge in [-0.25, -0.2) is 0 Å². The number of halogens is 1. The molecule has 5 heteroatoms. The lowest BCUT2D eigenvalue weighted by Crippen LogP contribution is -2.43. The fourth-order valence-corrected chi connectivity index (χ4v) is 3.25. The van der Waals surface area contributed by atoms with Gasteiger partial charge in [-0.2, -0.15) is 0 Å². The summed E-state index contributed by atoms with van der Waals surface area (Å²) in [5.41, 5.74) is 5.96. The van der Waals surface area contributed by atoms with Gasteiger partial charge in [0.15, 0.2) is 5.78 Å². The number of benzene rings is 1. The number of hydrogen-bond donors (Lipinski definition) is 1. The Hall–Kier alpha value is -1.20. The van der Waals surface area contributed by atoms with Crippen LogP contribution in [0.4, 0.5) is 0 Å². The minimum Gasteiger partial charge on any atom is -0.369 e. The van der Waals surface area contributed by atoms with Gasteiger partial charge in [-0.05, 0) is 18.9 Å². The Morgan fingerprint density at radius 2 is 1.85 bits per heavy atom. The minimum absolute atomic E-state index is 0.0191. The third kappa shape index (κ3) is 3.90. The highest BCUT2D eigenvalue weighted by Crippen LogP contribution is 2.24. The van der Waals surface area contributed by atoms with Crippen LogP contribution in [0.25, 0.3) is 0 Å². The Balaban J connectivity index is 2.08. The molecular weight excluding hydrogens is 320 g/mol. The molecule has 0 spiro atoms. The van der Waals surface area contributed by atoms with Gasteiger partial charge < -0.3 is 5.73 Å². The van der Waals surface area contributed by atoms with E-state index in [2.05, 4.69) is 15.9 Å². The first kappa shape index (κ1) is 15.2. The van der Waals surface area contributed by atoms with Crippen LogP contribution in [0.1, 0.15) is 36.0 Å². The van der Waals surface area contributed by atoms with Gasteiger partial charge in [-0.15, -0.1) is 0 Å². The predicted molar refractivity (Wildman–Crippen MR) is 81.5 cm³/mol. The summed E-state index contributed by atoms with van der Waals surface area (Å²) in [4.78, 5) is 25.5. The summed E-state index contributed by atoms with van der Waals surface area (Å²) in [5.74, 6) is -0.359. The molecule has 0 aromatic heterocycles. The summed E-state index contributed by atoms with van der Waals surface area (Å²) in [6.07, 6.45) is 4.39. The Morgan fingerprint density at radius 1 is 1.20 bits per heavy atom. The summed E-state index contributed by atoms with van der Waals surface area (Å²) in [7, 11) is 0. The second-order valence-electron chi connectivity index (χ2n) is 5.21. The van der Waals surface area contributed by atoms with Gasteiger partial charge in [0, 0.05) is 16.1 Å². The molecule has 1 aromatic rings. The van der Waals surface area contributed by atoms with E-state index >= 15 is 0 Å². The SMILES string of the molecule is NC(=O)CN(CC(=O)c1ccccc1Br)C1CCCC1. The number of carbonyl (C=O) groups is 2. The number of ketones is 1. The van der Waals surface area contributed by atoms with Crippen LogP contribution >= 0.6 is 15.9 Å². The molecule has 0 bridgehead atoms. The number of primary amides is 1. The Kier molecular flexibility index (Phi) is 5.31. The summed E-state index contributed by atoms with van der Waals surface area (Å²) in [5, 5.41) is 0. The van der Waals surface area contributed by atoms with Gasteiger partial charge in [0.25, 0.3) is 0 Å². The van der Waals surface area contributed by atoms with Crippen LogP contribution in [0.2, 0.25) is 0 Å². The third-order valence-electron chi connectivity index (χ3n) is 3.72. The molecule has 1 aliphatic carbocycles. The van der Waals surface area contributed by atoms with E-state index in [9.17, 15) is 9.59 Å². The summed E-state index contributed by atoms with van der Waals surface area (Å²) >= 11 is 3.39. The molecule has 2 rings (SSSR count).